The largest absolute Gasteiger partial charge is 0.483 e. The molecular weight excluding hydrogens is 274 g/mol. The van der Waals surface area contributed by atoms with Crippen LogP contribution in [0.25, 0.3) is 0 Å². The summed E-state index contributed by atoms with van der Waals surface area (Å²) in [6.45, 7) is 9.55. The van der Waals surface area contributed by atoms with Crippen LogP contribution in [0.4, 0.5) is 0 Å². The minimum absolute atomic E-state index is 0.128. The predicted octanol–water partition coefficient (Wildman–Crippen LogP) is 4.29. The number of ether oxygens (including phenoxy) is 1. The molecule has 0 aliphatic carbocycles. The van der Waals surface area contributed by atoms with E-state index in [9.17, 15) is 4.79 Å². The highest BCUT2D eigenvalue weighted by Crippen LogP contribution is 2.28. The maximum absolute atomic E-state index is 12.5. The molecule has 22 heavy (non-hydrogen) atoms. The lowest BCUT2D eigenvalue weighted by atomic mass is 10.00. The maximum Gasteiger partial charge on any atom is 0.260 e. The number of nitrogens with zero attached hydrogens (tertiary/aromatic N) is 1. The van der Waals surface area contributed by atoms with Crippen molar-refractivity contribution < 1.29 is 9.53 Å². The van der Waals surface area contributed by atoms with Crippen molar-refractivity contribution >= 4 is 5.91 Å². The Morgan fingerprint density at radius 1 is 1.36 bits per heavy atom. The number of amides is 1. The van der Waals surface area contributed by atoms with Gasteiger partial charge in [-0.05, 0) is 55.7 Å². The third kappa shape index (κ3) is 4.02. The lowest BCUT2D eigenvalue weighted by Gasteiger charge is -2.35. The monoisotopic (exact) mass is 303 g/mol. The van der Waals surface area contributed by atoms with Crippen LogP contribution in [0.1, 0.15) is 63.5 Å². The van der Waals surface area contributed by atoms with Crippen LogP contribution in [-0.4, -0.2) is 30.0 Å². The Morgan fingerprint density at radius 3 is 2.82 bits per heavy atom. The number of hydrogen-bond acceptors (Lipinski definition) is 2. The molecule has 3 nitrogen and oxygen atoms in total. The Balaban J connectivity index is 2.03. The molecule has 1 fully saturated rings. The SMILES string of the molecule is CCC1CCCCN1C(=O)COc1cc(C)ccc1C(C)C. The van der Waals surface area contributed by atoms with Crippen LogP contribution in [0.15, 0.2) is 18.2 Å². The maximum atomic E-state index is 12.5. The van der Waals surface area contributed by atoms with Crippen molar-refractivity contribution in [2.75, 3.05) is 13.2 Å². The van der Waals surface area contributed by atoms with E-state index in [2.05, 4.69) is 39.8 Å². The van der Waals surface area contributed by atoms with E-state index in [1.54, 1.807) is 0 Å². The first kappa shape index (κ1) is 16.9. The summed E-state index contributed by atoms with van der Waals surface area (Å²) in [5.41, 5.74) is 2.33. The summed E-state index contributed by atoms with van der Waals surface area (Å²) in [4.78, 5) is 14.5. The van der Waals surface area contributed by atoms with Gasteiger partial charge < -0.3 is 9.64 Å². The molecule has 1 unspecified atom stereocenters. The lowest BCUT2D eigenvalue weighted by Crippen LogP contribution is -2.45. The van der Waals surface area contributed by atoms with Crippen molar-refractivity contribution in [3.05, 3.63) is 29.3 Å². The lowest BCUT2D eigenvalue weighted by molar-refractivity contribution is -0.137. The Morgan fingerprint density at radius 2 is 2.14 bits per heavy atom. The molecule has 0 aromatic heterocycles. The number of carbonyl (C=O) groups excluding carboxylic acids is 1. The number of aryl methyl sites for hydroxylation is 1. The van der Waals surface area contributed by atoms with E-state index in [0.717, 1.165) is 37.1 Å². The summed E-state index contributed by atoms with van der Waals surface area (Å²) in [7, 11) is 0. The van der Waals surface area contributed by atoms with Crippen molar-refractivity contribution in [1.82, 2.24) is 4.90 Å². The quantitative estimate of drug-likeness (QED) is 0.812. The van der Waals surface area contributed by atoms with Crippen LogP contribution in [-0.2, 0) is 4.79 Å². The fourth-order valence-electron chi connectivity index (χ4n) is 3.22. The Hall–Kier alpha value is -1.51. The summed E-state index contributed by atoms with van der Waals surface area (Å²) < 4.78 is 5.90. The number of piperidine rings is 1. The molecule has 1 atom stereocenters. The summed E-state index contributed by atoms with van der Waals surface area (Å²) in [5.74, 6) is 1.38. The zero-order valence-corrected chi connectivity index (χ0v) is 14.4. The Labute approximate surface area is 134 Å². The van der Waals surface area contributed by atoms with E-state index < -0.39 is 0 Å². The van der Waals surface area contributed by atoms with Crippen molar-refractivity contribution in [3.8, 4) is 5.75 Å². The van der Waals surface area contributed by atoms with Crippen molar-refractivity contribution in [2.24, 2.45) is 0 Å². The van der Waals surface area contributed by atoms with E-state index in [1.807, 2.05) is 11.0 Å². The van der Waals surface area contributed by atoms with Gasteiger partial charge in [0.15, 0.2) is 6.61 Å². The van der Waals surface area contributed by atoms with Crippen LogP contribution in [0, 0.1) is 6.92 Å². The zero-order chi connectivity index (χ0) is 16.1. The summed E-state index contributed by atoms with van der Waals surface area (Å²) in [6, 6.07) is 6.64. The first-order valence-corrected chi connectivity index (χ1v) is 8.55. The summed E-state index contributed by atoms with van der Waals surface area (Å²) in [6.07, 6.45) is 4.51. The summed E-state index contributed by atoms with van der Waals surface area (Å²) in [5, 5.41) is 0. The predicted molar refractivity (Wildman–Crippen MR) is 90.4 cm³/mol. The van der Waals surface area contributed by atoms with Crippen molar-refractivity contribution in [3.63, 3.8) is 0 Å². The van der Waals surface area contributed by atoms with Gasteiger partial charge in [0, 0.05) is 12.6 Å². The van der Waals surface area contributed by atoms with Gasteiger partial charge in [-0.2, -0.15) is 0 Å². The third-order valence-corrected chi connectivity index (χ3v) is 4.56. The second-order valence-electron chi connectivity index (χ2n) is 6.63. The molecule has 0 spiro atoms. The highest BCUT2D eigenvalue weighted by molar-refractivity contribution is 5.78. The van der Waals surface area contributed by atoms with Gasteiger partial charge in [-0.1, -0.05) is 32.9 Å². The molecule has 0 radical (unpaired) electrons. The average molecular weight is 303 g/mol. The molecule has 0 saturated carbocycles. The molecule has 122 valence electrons. The normalized spacial score (nSPS) is 18.6. The topological polar surface area (TPSA) is 29.5 Å². The van der Waals surface area contributed by atoms with Gasteiger partial charge in [0.25, 0.3) is 5.91 Å². The van der Waals surface area contributed by atoms with Crippen LogP contribution in [0.2, 0.25) is 0 Å². The van der Waals surface area contributed by atoms with Crippen LogP contribution >= 0.6 is 0 Å². The number of carbonyl (C=O) groups is 1. The molecule has 0 bridgehead atoms. The molecule has 0 N–H and O–H groups in total. The van der Waals surface area contributed by atoms with E-state index in [1.165, 1.54) is 12.0 Å². The first-order chi connectivity index (χ1) is 10.5. The van der Waals surface area contributed by atoms with E-state index in [4.69, 9.17) is 4.74 Å². The molecule has 1 heterocycles. The van der Waals surface area contributed by atoms with E-state index >= 15 is 0 Å². The number of likely N-dealkylation sites (tertiary alicyclic amines) is 1. The van der Waals surface area contributed by atoms with Crippen LogP contribution < -0.4 is 4.74 Å². The van der Waals surface area contributed by atoms with Crippen LogP contribution in [0.5, 0.6) is 5.75 Å². The Kier molecular flexibility index (Phi) is 5.87. The molecule has 1 aliphatic heterocycles. The van der Waals surface area contributed by atoms with Gasteiger partial charge in [0.1, 0.15) is 5.75 Å². The van der Waals surface area contributed by atoms with Crippen LogP contribution in [0.3, 0.4) is 0 Å². The minimum Gasteiger partial charge on any atom is -0.483 e. The van der Waals surface area contributed by atoms with E-state index in [-0.39, 0.29) is 12.5 Å². The highest BCUT2D eigenvalue weighted by atomic mass is 16.5. The Bertz CT molecular complexity index is 510. The third-order valence-electron chi connectivity index (χ3n) is 4.56. The minimum atomic E-state index is 0.128. The molecule has 2 rings (SSSR count). The fourth-order valence-corrected chi connectivity index (χ4v) is 3.22. The van der Waals surface area contributed by atoms with Gasteiger partial charge in [-0.25, -0.2) is 0 Å². The molecular formula is C19H29NO2. The second-order valence-corrected chi connectivity index (χ2v) is 6.63. The number of rotatable bonds is 5. The smallest absolute Gasteiger partial charge is 0.260 e. The zero-order valence-electron chi connectivity index (χ0n) is 14.4. The van der Waals surface area contributed by atoms with Gasteiger partial charge in [0.05, 0.1) is 0 Å². The van der Waals surface area contributed by atoms with Gasteiger partial charge in [0.2, 0.25) is 0 Å². The summed E-state index contributed by atoms with van der Waals surface area (Å²) >= 11 is 0. The number of hydrogen-bond donors (Lipinski definition) is 0. The van der Waals surface area contributed by atoms with Gasteiger partial charge in [-0.3, -0.25) is 4.79 Å². The second kappa shape index (κ2) is 7.66. The molecule has 1 saturated heterocycles. The molecule has 3 heteroatoms. The first-order valence-electron chi connectivity index (χ1n) is 8.55. The van der Waals surface area contributed by atoms with Crippen molar-refractivity contribution in [2.45, 2.75) is 65.3 Å². The highest BCUT2D eigenvalue weighted by Gasteiger charge is 2.25. The van der Waals surface area contributed by atoms with E-state index in [0.29, 0.717) is 12.0 Å². The van der Waals surface area contributed by atoms with Crippen molar-refractivity contribution in [1.29, 1.82) is 0 Å². The van der Waals surface area contributed by atoms with Gasteiger partial charge >= 0.3 is 0 Å². The molecule has 1 aromatic carbocycles. The molecule has 1 aromatic rings. The number of benzene rings is 1. The molecule has 1 amide bonds. The molecule has 1 aliphatic rings. The average Bonchev–Trinajstić information content (AvgIpc) is 2.52. The fraction of sp³-hybridized carbons (Fsp3) is 0.632. The van der Waals surface area contributed by atoms with Gasteiger partial charge in [-0.15, -0.1) is 0 Å². The standard InChI is InChI=1S/C19H29NO2/c1-5-16-8-6-7-11-20(16)19(21)13-22-18-12-15(4)9-10-17(18)14(2)3/h9-10,12,14,16H,5-8,11,13H2,1-4H3.